The van der Waals surface area contributed by atoms with Gasteiger partial charge in [-0.05, 0) is 55.7 Å². The molecule has 1 aliphatic rings. The second kappa shape index (κ2) is 13.7. The normalized spacial score (nSPS) is 14.4. The maximum Gasteiger partial charge on any atom is 0.431 e. The molecule has 42 heavy (non-hydrogen) atoms. The van der Waals surface area contributed by atoms with Crippen LogP contribution in [0.1, 0.15) is 41.6 Å². The van der Waals surface area contributed by atoms with Gasteiger partial charge in [0, 0.05) is 63.3 Å². The maximum absolute atomic E-state index is 13.8. The Morgan fingerprint density at radius 1 is 1.02 bits per heavy atom. The predicted octanol–water partition coefficient (Wildman–Crippen LogP) is 4.27. The van der Waals surface area contributed by atoms with Gasteiger partial charge in [-0.25, -0.2) is 4.98 Å². The Kier molecular flexibility index (Phi) is 9.84. The quantitative estimate of drug-likeness (QED) is 0.364. The van der Waals surface area contributed by atoms with Crippen LogP contribution in [0, 0.1) is 0 Å². The van der Waals surface area contributed by atoms with Crippen LogP contribution in [0.5, 0.6) is 0 Å². The average molecular weight is 582 g/mol. The molecule has 3 aromatic rings. The monoisotopic (exact) mass is 581 g/mol. The lowest BCUT2D eigenvalue weighted by atomic mass is 10.1. The minimum atomic E-state index is -4.72. The zero-order valence-corrected chi connectivity index (χ0v) is 22.9. The first-order valence-electron chi connectivity index (χ1n) is 13.3. The topological polar surface area (TPSA) is 122 Å². The van der Waals surface area contributed by atoms with Gasteiger partial charge in [0.05, 0.1) is 23.2 Å². The van der Waals surface area contributed by atoms with Crippen molar-refractivity contribution < 1.29 is 22.8 Å². The van der Waals surface area contributed by atoms with E-state index in [2.05, 4.69) is 25.6 Å². The number of likely N-dealkylation sites (tertiary alicyclic amines) is 1. The summed E-state index contributed by atoms with van der Waals surface area (Å²) < 4.78 is 42.7. The third-order valence-corrected chi connectivity index (χ3v) is 6.59. The van der Waals surface area contributed by atoms with Gasteiger partial charge in [0.1, 0.15) is 11.5 Å². The Bertz CT molecular complexity index is 1510. The van der Waals surface area contributed by atoms with Crippen LogP contribution in [0.3, 0.4) is 0 Å². The third kappa shape index (κ3) is 8.12. The summed E-state index contributed by atoms with van der Waals surface area (Å²) in [5.74, 6) is -0.518. The van der Waals surface area contributed by atoms with E-state index in [1.807, 2.05) is 0 Å². The molecule has 1 saturated heterocycles. The minimum absolute atomic E-state index is 0.0325. The van der Waals surface area contributed by atoms with E-state index in [9.17, 15) is 27.6 Å². The van der Waals surface area contributed by atoms with Crippen LogP contribution < -0.4 is 16.2 Å². The number of piperidine rings is 1. The van der Waals surface area contributed by atoms with Crippen LogP contribution in [-0.4, -0.2) is 63.3 Å². The summed E-state index contributed by atoms with van der Waals surface area (Å²) in [4.78, 5) is 51.3. The number of allylic oxidation sites excluding steroid dienone is 2. The van der Waals surface area contributed by atoms with Crippen molar-refractivity contribution in [3.05, 3.63) is 94.4 Å². The van der Waals surface area contributed by atoms with Gasteiger partial charge in [0.25, 0.3) is 11.5 Å². The van der Waals surface area contributed by atoms with Crippen LogP contribution in [0.2, 0.25) is 0 Å². The van der Waals surface area contributed by atoms with Crippen molar-refractivity contribution in [2.24, 2.45) is 4.99 Å². The van der Waals surface area contributed by atoms with Gasteiger partial charge in [-0.2, -0.15) is 13.2 Å². The van der Waals surface area contributed by atoms with E-state index in [-0.39, 0.29) is 47.2 Å². The van der Waals surface area contributed by atoms with Crippen molar-refractivity contribution in [1.29, 1.82) is 0 Å². The maximum atomic E-state index is 13.8. The first kappa shape index (κ1) is 30.2. The van der Waals surface area contributed by atoms with Gasteiger partial charge in [-0.1, -0.05) is 0 Å². The molecule has 2 amide bonds. The summed E-state index contributed by atoms with van der Waals surface area (Å²) in [6, 6.07) is 8.47. The highest BCUT2D eigenvalue weighted by Crippen LogP contribution is 2.28. The molecule has 0 bridgehead atoms. The molecule has 13 heteroatoms. The Morgan fingerprint density at radius 3 is 2.45 bits per heavy atom. The van der Waals surface area contributed by atoms with Crippen LogP contribution in [0.25, 0.3) is 0 Å². The molecule has 0 saturated carbocycles. The van der Waals surface area contributed by atoms with Crippen molar-refractivity contribution in [1.82, 2.24) is 19.4 Å². The summed E-state index contributed by atoms with van der Waals surface area (Å²) in [7, 11) is 1.38. The number of aliphatic imine (C=N–C) groups is 1. The number of pyridine rings is 3. The number of rotatable bonds is 9. The average Bonchev–Trinajstić information content (AvgIpc) is 2.99. The van der Waals surface area contributed by atoms with Gasteiger partial charge < -0.3 is 20.1 Å². The molecule has 0 radical (unpaired) electrons. The number of hydrogen-bond donors (Lipinski definition) is 2. The number of halogens is 3. The molecule has 2 N–H and O–H groups in total. The molecule has 220 valence electrons. The van der Waals surface area contributed by atoms with Crippen LogP contribution in [-0.2, 0) is 11.3 Å². The third-order valence-electron chi connectivity index (χ3n) is 6.59. The molecule has 1 fully saturated rings. The second-order valence-electron chi connectivity index (χ2n) is 9.56. The van der Waals surface area contributed by atoms with Gasteiger partial charge in [0.2, 0.25) is 5.91 Å². The Labute approximate surface area is 240 Å². The summed E-state index contributed by atoms with van der Waals surface area (Å²) >= 11 is 0. The number of alkyl halides is 3. The van der Waals surface area contributed by atoms with Crippen molar-refractivity contribution in [3.63, 3.8) is 0 Å². The summed E-state index contributed by atoms with van der Waals surface area (Å²) in [6.07, 6.45) is 4.76. The lowest BCUT2D eigenvalue weighted by Gasteiger charge is -2.26. The molecular formula is C29H30F3N7O3. The fourth-order valence-corrected chi connectivity index (χ4v) is 4.36. The lowest BCUT2D eigenvalue weighted by molar-refractivity contribution is -0.132. The number of anilines is 2. The summed E-state index contributed by atoms with van der Waals surface area (Å²) in [5, 5.41) is 4.88. The first-order chi connectivity index (χ1) is 20.1. The van der Waals surface area contributed by atoms with E-state index in [0.29, 0.717) is 18.7 Å². The Hall–Kier alpha value is -4.81. The van der Waals surface area contributed by atoms with Gasteiger partial charge >= 0.3 is 6.18 Å². The molecule has 0 unspecified atom stereocenters. The number of amides is 2. The van der Waals surface area contributed by atoms with E-state index >= 15 is 0 Å². The number of carbonyl (C=O) groups is 2. The molecule has 0 aromatic carbocycles. The molecule has 4 rings (SSSR count). The lowest BCUT2D eigenvalue weighted by Crippen LogP contribution is -2.36. The molecule has 0 spiro atoms. The molecule has 1 aliphatic heterocycles. The zero-order chi connectivity index (χ0) is 30.1. The minimum Gasteiger partial charge on any atom is -0.350 e. The van der Waals surface area contributed by atoms with Gasteiger partial charge in [-0.3, -0.25) is 24.4 Å². The van der Waals surface area contributed by atoms with Crippen LogP contribution >= 0.6 is 0 Å². The standard InChI is InChI=1S/C29H30F3N7O3/c1-33-23(20-6-5-12-34-17-20)16-24(29(30,31)32)36-22-8-9-25(35-18-22)37-28(42)21-7-10-26(40)39(19-21)15-11-27(41)38-13-3-2-4-14-38/h5-10,12,16-19,36H,2-4,11,13-15H2,1H3,(H,35,37,42)/b24-16-,33-23?. The fourth-order valence-electron chi connectivity index (χ4n) is 4.36. The van der Waals surface area contributed by atoms with Crippen molar-refractivity contribution in [3.8, 4) is 0 Å². The molecular weight excluding hydrogens is 551 g/mol. The van der Waals surface area contributed by atoms with Crippen molar-refractivity contribution >= 4 is 29.0 Å². The zero-order valence-electron chi connectivity index (χ0n) is 22.9. The number of nitrogens with zero attached hydrogens (tertiary/aromatic N) is 5. The smallest absolute Gasteiger partial charge is 0.350 e. The molecule has 0 aliphatic carbocycles. The van der Waals surface area contributed by atoms with Crippen LogP contribution in [0.4, 0.5) is 24.7 Å². The molecule has 3 aromatic heterocycles. The molecule has 0 atom stereocenters. The van der Waals surface area contributed by atoms with Crippen molar-refractivity contribution in [2.45, 2.75) is 38.4 Å². The van der Waals surface area contributed by atoms with E-state index in [1.165, 1.54) is 54.5 Å². The van der Waals surface area contributed by atoms with E-state index in [1.54, 1.807) is 17.0 Å². The van der Waals surface area contributed by atoms with Crippen LogP contribution in [0.15, 0.2) is 82.7 Å². The summed E-state index contributed by atoms with van der Waals surface area (Å²) in [6.45, 7) is 1.56. The fraction of sp³-hybridized carbons (Fsp3) is 0.310. The number of carbonyl (C=O) groups excluding carboxylic acids is 2. The highest BCUT2D eigenvalue weighted by Gasteiger charge is 2.34. The number of aromatic nitrogens is 3. The SMILES string of the molecule is CN=C(/C=C(\Nc1ccc(NC(=O)c2ccc(=O)n(CCC(=O)N3CCCCC3)c2)nc1)C(F)(F)F)c1cccnc1. The largest absolute Gasteiger partial charge is 0.431 e. The Morgan fingerprint density at radius 2 is 1.81 bits per heavy atom. The number of hydrogen-bond acceptors (Lipinski definition) is 7. The number of aryl methyl sites for hydroxylation is 1. The van der Waals surface area contributed by atoms with E-state index in [0.717, 1.165) is 31.5 Å². The molecule has 10 nitrogen and oxygen atoms in total. The van der Waals surface area contributed by atoms with E-state index < -0.39 is 17.8 Å². The number of nitrogens with one attached hydrogen (secondary N) is 2. The highest BCUT2D eigenvalue weighted by atomic mass is 19.4. The molecule has 4 heterocycles. The highest BCUT2D eigenvalue weighted by molar-refractivity contribution is 6.09. The summed E-state index contributed by atoms with van der Waals surface area (Å²) in [5.41, 5.74) is -0.721. The van der Waals surface area contributed by atoms with Gasteiger partial charge in [0.15, 0.2) is 0 Å². The van der Waals surface area contributed by atoms with Crippen molar-refractivity contribution in [2.75, 3.05) is 30.8 Å². The van der Waals surface area contributed by atoms with Gasteiger partial charge in [-0.15, -0.1) is 0 Å². The Balaban J connectivity index is 1.41. The first-order valence-corrected chi connectivity index (χ1v) is 13.3. The second-order valence-corrected chi connectivity index (χ2v) is 9.56. The predicted molar refractivity (Wildman–Crippen MR) is 152 cm³/mol. The van der Waals surface area contributed by atoms with E-state index in [4.69, 9.17) is 0 Å².